The molecule has 0 aromatic heterocycles. The summed E-state index contributed by atoms with van der Waals surface area (Å²) in [4.78, 5) is 0. The van der Waals surface area contributed by atoms with E-state index in [1.807, 2.05) is 7.05 Å². The van der Waals surface area contributed by atoms with Gasteiger partial charge in [0, 0.05) is 6.54 Å². The molecule has 16 heavy (non-hydrogen) atoms. The molecular formula is C11H24N2O2S. The molecule has 0 aliphatic heterocycles. The Morgan fingerprint density at radius 3 is 2.50 bits per heavy atom. The quantitative estimate of drug-likeness (QED) is 0.632. The molecule has 5 heteroatoms. The first-order valence-corrected chi connectivity index (χ1v) is 7.91. The Kier molecular flexibility index (Phi) is 6.31. The molecule has 1 saturated carbocycles. The smallest absolute Gasteiger partial charge is 0.211 e. The van der Waals surface area contributed by atoms with Gasteiger partial charge in [0.25, 0.3) is 0 Å². The second-order valence-corrected chi connectivity index (χ2v) is 6.55. The van der Waals surface area contributed by atoms with Crippen LogP contribution in [0.2, 0.25) is 0 Å². The predicted molar refractivity (Wildman–Crippen MR) is 66.9 cm³/mol. The van der Waals surface area contributed by atoms with E-state index in [4.69, 9.17) is 0 Å². The highest BCUT2D eigenvalue weighted by atomic mass is 32.2. The molecule has 4 nitrogen and oxygen atoms in total. The van der Waals surface area contributed by atoms with Crippen molar-refractivity contribution in [1.29, 1.82) is 0 Å². The largest absolute Gasteiger partial charge is 0.320 e. The molecular weight excluding hydrogens is 224 g/mol. The van der Waals surface area contributed by atoms with Gasteiger partial charge in [0.15, 0.2) is 0 Å². The summed E-state index contributed by atoms with van der Waals surface area (Å²) >= 11 is 0. The van der Waals surface area contributed by atoms with E-state index in [0.29, 0.717) is 12.5 Å². The van der Waals surface area contributed by atoms with Crippen molar-refractivity contribution in [1.82, 2.24) is 10.0 Å². The molecule has 96 valence electrons. The maximum Gasteiger partial charge on any atom is 0.211 e. The number of hydrogen-bond donors (Lipinski definition) is 2. The average molecular weight is 248 g/mol. The lowest BCUT2D eigenvalue weighted by Crippen LogP contribution is -2.30. The van der Waals surface area contributed by atoms with Crippen molar-refractivity contribution in [2.75, 3.05) is 25.9 Å². The van der Waals surface area contributed by atoms with Crippen molar-refractivity contribution in [3.63, 3.8) is 0 Å². The van der Waals surface area contributed by atoms with E-state index >= 15 is 0 Å². The number of rotatable bonds is 8. The van der Waals surface area contributed by atoms with Crippen LogP contribution in [0, 0.1) is 5.92 Å². The van der Waals surface area contributed by atoms with Gasteiger partial charge >= 0.3 is 0 Å². The molecule has 1 aliphatic rings. The van der Waals surface area contributed by atoms with Crippen molar-refractivity contribution >= 4 is 10.0 Å². The fraction of sp³-hybridized carbons (Fsp3) is 1.00. The van der Waals surface area contributed by atoms with Crippen LogP contribution >= 0.6 is 0 Å². The fourth-order valence-electron chi connectivity index (χ4n) is 2.13. The summed E-state index contributed by atoms with van der Waals surface area (Å²) in [5, 5.41) is 3.02. The molecule has 0 spiro atoms. The number of hydrogen-bond acceptors (Lipinski definition) is 3. The predicted octanol–water partition coefficient (Wildman–Crippen LogP) is 1.10. The highest BCUT2D eigenvalue weighted by Gasteiger charge is 2.17. The fourth-order valence-corrected chi connectivity index (χ4v) is 3.34. The minimum absolute atomic E-state index is 0.265. The summed E-state index contributed by atoms with van der Waals surface area (Å²) in [6, 6.07) is 0. The third-order valence-electron chi connectivity index (χ3n) is 3.16. The lowest BCUT2D eigenvalue weighted by atomic mass is 10.1. The first-order chi connectivity index (χ1) is 7.64. The van der Waals surface area contributed by atoms with Crippen LogP contribution in [-0.4, -0.2) is 34.3 Å². The summed E-state index contributed by atoms with van der Waals surface area (Å²) in [6.45, 7) is 1.53. The average Bonchev–Trinajstić information content (AvgIpc) is 2.75. The Morgan fingerprint density at radius 1 is 1.19 bits per heavy atom. The van der Waals surface area contributed by atoms with E-state index in [9.17, 15) is 8.42 Å². The summed E-state index contributed by atoms with van der Waals surface area (Å²) in [6.07, 6.45) is 6.54. The van der Waals surface area contributed by atoms with Crippen LogP contribution in [0.5, 0.6) is 0 Å². The van der Waals surface area contributed by atoms with Gasteiger partial charge in [-0.15, -0.1) is 0 Å². The zero-order chi connectivity index (χ0) is 11.9. The highest BCUT2D eigenvalue weighted by molar-refractivity contribution is 7.89. The second kappa shape index (κ2) is 7.25. The monoisotopic (exact) mass is 248 g/mol. The Labute approximate surface area is 99.2 Å². The van der Waals surface area contributed by atoms with Gasteiger partial charge < -0.3 is 5.32 Å². The molecule has 1 fully saturated rings. The molecule has 0 amide bonds. The van der Waals surface area contributed by atoms with Crippen LogP contribution in [0.4, 0.5) is 0 Å². The Bertz CT molecular complexity index is 272. The van der Waals surface area contributed by atoms with E-state index < -0.39 is 10.0 Å². The van der Waals surface area contributed by atoms with Crippen molar-refractivity contribution in [2.45, 2.75) is 38.5 Å². The van der Waals surface area contributed by atoms with Gasteiger partial charge in [-0.1, -0.05) is 12.8 Å². The van der Waals surface area contributed by atoms with Crippen molar-refractivity contribution in [3.05, 3.63) is 0 Å². The van der Waals surface area contributed by atoms with Gasteiger partial charge in [-0.3, -0.25) is 0 Å². The van der Waals surface area contributed by atoms with Crippen molar-refractivity contribution < 1.29 is 8.42 Å². The van der Waals surface area contributed by atoms with E-state index in [-0.39, 0.29) is 5.75 Å². The lowest BCUT2D eigenvalue weighted by Gasteiger charge is -2.11. The van der Waals surface area contributed by atoms with Gasteiger partial charge in [0.2, 0.25) is 10.0 Å². The SMILES string of the molecule is CNCCCCS(=O)(=O)NCC1CCCC1. The van der Waals surface area contributed by atoms with Crippen molar-refractivity contribution in [3.8, 4) is 0 Å². The highest BCUT2D eigenvalue weighted by Crippen LogP contribution is 2.23. The maximum atomic E-state index is 11.6. The Morgan fingerprint density at radius 2 is 1.88 bits per heavy atom. The molecule has 0 saturated heterocycles. The first-order valence-electron chi connectivity index (χ1n) is 6.26. The molecule has 0 aromatic rings. The van der Waals surface area contributed by atoms with E-state index in [0.717, 1.165) is 19.4 Å². The van der Waals surface area contributed by atoms with Crippen LogP contribution in [0.15, 0.2) is 0 Å². The summed E-state index contributed by atoms with van der Waals surface area (Å²) in [5.74, 6) is 0.841. The minimum Gasteiger partial charge on any atom is -0.320 e. The zero-order valence-electron chi connectivity index (χ0n) is 10.2. The van der Waals surface area contributed by atoms with Crippen LogP contribution < -0.4 is 10.0 Å². The van der Waals surface area contributed by atoms with E-state index in [1.165, 1.54) is 25.7 Å². The van der Waals surface area contributed by atoms with Gasteiger partial charge in [0.1, 0.15) is 0 Å². The number of nitrogens with one attached hydrogen (secondary N) is 2. The first kappa shape index (κ1) is 13.9. The third kappa shape index (κ3) is 5.82. The molecule has 0 unspecified atom stereocenters. The number of unbranched alkanes of at least 4 members (excludes halogenated alkanes) is 1. The third-order valence-corrected chi connectivity index (χ3v) is 4.59. The van der Waals surface area contributed by atoms with Gasteiger partial charge in [-0.2, -0.15) is 0 Å². The number of sulfonamides is 1. The Hall–Kier alpha value is -0.130. The van der Waals surface area contributed by atoms with Gasteiger partial charge in [-0.05, 0) is 45.2 Å². The van der Waals surface area contributed by atoms with Crippen LogP contribution in [-0.2, 0) is 10.0 Å². The van der Waals surface area contributed by atoms with Crippen LogP contribution in [0.3, 0.4) is 0 Å². The van der Waals surface area contributed by atoms with Gasteiger partial charge in [0.05, 0.1) is 5.75 Å². The maximum absolute atomic E-state index is 11.6. The second-order valence-electron chi connectivity index (χ2n) is 4.63. The molecule has 1 rings (SSSR count). The molecule has 1 aliphatic carbocycles. The summed E-state index contributed by atoms with van der Waals surface area (Å²) in [5.41, 5.74) is 0. The lowest BCUT2D eigenvalue weighted by molar-refractivity contribution is 0.518. The molecule has 0 atom stereocenters. The molecule has 2 N–H and O–H groups in total. The molecule has 0 bridgehead atoms. The summed E-state index contributed by atoms with van der Waals surface area (Å²) < 4.78 is 26.0. The van der Waals surface area contributed by atoms with Crippen molar-refractivity contribution in [2.24, 2.45) is 5.92 Å². The normalized spacial score (nSPS) is 18.1. The van der Waals surface area contributed by atoms with Crippen LogP contribution in [0.25, 0.3) is 0 Å². The molecule has 0 aromatic carbocycles. The van der Waals surface area contributed by atoms with Gasteiger partial charge in [-0.25, -0.2) is 13.1 Å². The standard InChI is InChI=1S/C11H24N2O2S/c1-12-8-4-5-9-16(14,15)13-10-11-6-2-3-7-11/h11-13H,2-10H2,1H3. The topological polar surface area (TPSA) is 58.2 Å². The molecule has 0 heterocycles. The minimum atomic E-state index is -3.03. The van der Waals surface area contributed by atoms with Crippen LogP contribution in [0.1, 0.15) is 38.5 Å². The van der Waals surface area contributed by atoms with E-state index in [1.54, 1.807) is 0 Å². The zero-order valence-corrected chi connectivity index (χ0v) is 11.0. The molecule has 0 radical (unpaired) electrons. The summed E-state index contributed by atoms with van der Waals surface area (Å²) in [7, 11) is -1.15. The Balaban J connectivity index is 2.12. The van der Waals surface area contributed by atoms with E-state index in [2.05, 4.69) is 10.0 Å².